The number of anilines is 2. The Labute approximate surface area is 90.7 Å². The Morgan fingerprint density at radius 2 is 1.87 bits per heavy atom. The van der Waals surface area contributed by atoms with E-state index in [1.165, 1.54) is 43.2 Å². The summed E-state index contributed by atoms with van der Waals surface area (Å²) in [5, 5.41) is 0. The second kappa shape index (κ2) is 3.16. The topological polar surface area (TPSA) is 52.0 Å². The average Bonchev–Trinajstić information content (AvgIpc) is 2.22. The minimum absolute atomic E-state index is 0.758. The van der Waals surface area contributed by atoms with Crippen LogP contribution in [0.5, 0.6) is 0 Å². The van der Waals surface area contributed by atoms with E-state index in [0.29, 0.717) is 0 Å². The molecule has 1 saturated carbocycles. The fraction of sp³-hybridized carbons (Fsp3) is 0.538. The first-order chi connectivity index (χ1) is 7.24. The quantitative estimate of drug-likeness (QED) is 0.635. The zero-order valence-corrected chi connectivity index (χ0v) is 9.00. The van der Waals surface area contributed by atoms with Crippen molar-refractivity contribution in [2.24, 2.45) is 5.92 Å². The molecule has 80 valence electrons. The number of nitrogens with two attached hydrogens (primary N) is 2. The van der Waals surface area contributed by atoms with Gasteiger partial charge in [-0.15, -0.1) is 0 Å². The predicted molar refractivity (Wildman–Crippen MR) is 63.7 cm³/mol. The maximum Gasteiger partial charge on any atom is 0.0550 e. The van der Waals surface area contributed by atoms with Crippen molar-refractivity contribution in [2.45, 2.75) is 38.0 Å². The molecule has 1 aromatic carbocycles. The molecule has 1 aromatic rings. The lowest BCUT2D eigenvalue weighted by atomic mass is 9.69. The van der Waals surface area contributed by atoms with Gasteiger partial charge in [-0.2, -0.15) is 0 Å². The Morgan fingerprint density at radius 3 is 2.73 bits per heavy atom. The van der Waals surface area contributed by atoms with Crippen molar-refractivity contribution >= 4 is 11.4 Å². The van der Waals surface area contributed by atoms with Crippen LogP contribution < -0.4 is 11.5 Å². The second-order valence-corrected chi connectivity index (χ2v) is 5.11. The monoisotopic (exact) mass is 202 g/mol. The first-order valence-corrected chi connectivity index (χ1v) is 5.92. The first-order valence-electron chi connectivity index (χ1n) is 5.92. The van der Waals surface area contributed by atoms with Crippen molar-refractivity contribution in [1.29, 1.82) is 0 Å². The van der Waals surface area contributed by atoms with Gasteiger partial charge in [-0.3, -0.25) is 0 Å². The lowest BCUT2D eigenvalue weighted by Gasteiger charge is -2.36. The molecule has 3 rings (SSSR count). The van der Waals surface area contributed by atoms with Crippen LogP contribution in [-0.2, 0) is 6.42 Å². The molecule has 15 heavy (non-hydrogen) atoms. The molecule has 2 unspecified atom stereocenters. The molecule has 4 N–H and O–H groups in total. The molecule has 2 aliphatic carbocycles. The summed E-state index contributed by atoms with van der Waals surface area (Å²) in [5.41, 5.74) is 16.2. The van der Waals surface area contributed by atoms with Gasteiger partial charge in [-0.05, 0) is 54.4 Å². The van der Waals surface area contributed by atoms with Crippen molar-refractivity contribution in [2.75, 3.05) is 11.5 Å². The lowest BCUT2D eigenvalue weighted by Crippen LogP contribution is -2.23. The third-order valence-corrected chi connectivity index (χ3v) is 4.08. The molecule has 0 aromatic heterocycles. The van der Waals surface area contributed by atoms with Gasteiger partial charge in [0.1, 0.15) is 0 Å². The molecule has 0 heterocycles. The van der Waals surface area contributed by atoms with Gasteiger partial charge in [0.15, 0.2) is 0 Å². The molecule has 0 amide bonds. The van der Waals surface area contributed by atoms with Crippen molar-refractivity contribution < 1.29 is 0 Å². The summed E-state index contributed by atoms with van der Waals surface area (Å²) >= 11 is 0. The minimum Gasteiger partial charge on any atom is -0.397 e. The Hall–Kier alpha value is -1.18. The summed E-state index contributed by atoms with van der Waals surface area (Å²) in [6.45, 7) is 0. The molecule has 0 radical (unpaired) electrons. The molecule has 2 nitrogen and oxygen atoms in total. The van der Waals surface area contributed by atoms with Gasteiger partial charge in [0, 0.05) is 0 Å². The summed E-state index contributed by atoms with van der Waals surface area (Å²) in [4.78, 5) is 0. The van der Waals surface area contributed by atoms with Gasteiger partial charge in [0.05, 0.1) is 11.4 Å². The van der Waals surface area contributed by atoms with Gasteiger partial charge >= 0.3 is 0 Å². The van der Waals surface area contributed by atoms with Gasteiger partial charge in [-0.25, -0.2) is 0 Å². The van der Waals surface area contributed by atoms with Crippen LogP contribution >= 0.6 is 0 Å². The SMILES string of the molecule is Nc1cc2c(cc1N)C1CCCC(C2)C1. The molecule has 2 bridgehead atoms. The highest BCUT2D eigenvalue weighted by atomic mass is 14.7. The van der Waals surface area contributed by atoms with E-state index < -0.39 is 0 Å². The van der Waals surface area contributed by atoms with Gasteiger partial charge in [-0.1, -0.05) is 12.8 Å². The Kier molecular flexibility index (Phi) is 1.91. The van der Waals surface area contributed by atoms with Gasteiger partial charge < -0.3 is 11.5 Å². The number of hydrogen-bond donors (Lipinski definition) is 2. The normalized spacial score (nSPS) is 28.5. The number of rotatable bonds is 0. The summed E-state index contributed by atoms with van der Waals surface area (Å²) in [7, 11) is 0. The van der Waals surface area contributed by atoms with Crippen molar-refractivity contribution in [3.8, 4) is 0 Å². The van der Waals surface area contributed by atoms with Crippen LogP contribution in [0.1, 0.15) is 42.7 Å². The zero-order valence-electron chi connectivity index (χ0n) is 9.00. The van der Waals surface area contributed by atoms with Crippen LogP contribution in [0.2, 0.25) is 0 Å². The van der Waals surface area contributed by atoms with E-state index in [-0.39, 0.29) is 0 Å². The van der Waals surface area contributed by atoms with E-state index in [0.717, 1.165) is 23.2 Å². The minimum atomic E-state index is 0.758. The van der Waals surface area contributed by atoms with Crippen LogP contribution in [0.25, 0.3) is 0 Å². The van der Waals surface area contributed by atoms with E-state index >= 15 is 0 Å². The van der Waals surface area contributed by atoms with Crippen LogP contribution in [-0.4, -0.2) is 0 Å². The van der Waals surface area contributed by atoms with Crippen LogP contribution in [0, 0.1) is 5.92 Å². The second-order valence-electron chi connectivity index (χ2n) is 5.11. The van der Waals surface area contributed by atoms with Crippen LogP contribution in [0.4, 0.5) is 11.4 Å². The number of hydrogen-bond acceptors (Lipinski definition) is 2. The molecule has 2 aliphatic rings. The molecule has 0 spiro atoms. The largest absolute Gasteiger partial charge is 0.397 e. The molecule has 2 heteroatoms. The summed E-state index contributed by atoms with van der Waals surface area (Å²) in [5.74, 6) is 1.66. The lowest BCUT2D eigenvalue weighted by molar-refractivity contribution is 0.299. The molecule has 1 fully saturated rings. The van der Waals surface area contributed by atoms with Crippen molar-refractivity contribution in [3.05, 3.63) is 23.3 Å². The highest BCUT2D eigenvalue weighted by Crippen LogP contribution is 2.45. The van der Waals surface area contributed by atoms with Gasteiger partial charge in [0.2, 0.25) is 0 Å². The van der Waals surface area contributed by atoms with Crippen molar-refractivity contribution in [3.63, 3.8) is 0 Å². The molecular weight excluding hydrogens is 184 g/mol. The average molecular weight is 202 g/mol. The van der Waals surface area contributed by atoms with E-state index in [4.69, 9.17) is 11.5 Å². The summed E-state index contributed by atoms with van der Waals surface area (Å²) in [6.07, 6.45) is 6.72. The van der Waals surface area contributed by atoms with E-state index in [1.54, 1.807) is 0 Å². The third kappa shape index (κ3) is 1.39. The van der Waals surface area contributed by atoms with Gasteiger partial charge in [0.25, 0.3) is 0 Å². The Bertz CT molecular complexity index is 398. The maximum absolute atomic E-state index is 5.89. The van der Waals surface area contributed by atoms with Crippen LogP contribution in [0.15, 0.2) is 12.1 Å². The first kappa shape index (κ1) is 9.08. The summed E-state index contributed by atoms with van der Waals surface area (Å²) < 4.78 is 0. The molecule has 0 saturated heterocycles. The third-order valence-electron chi connectivity index (χ3n) is 4.08. The number of fused-ring (bicyclic) bond motifs is 4. The number of benzene rings is 1. The summed E-state index contributed by atoms with van der Waals surface area (Å²) in [6, 6.07) is 4.23. The molecule has 0 aliphatic heterocycles. The smallest absolute Gasteiger partial charge is 0.0550 e. The predicted octanol–water partition coefficient (Wildman–Crippen LogP) is 2.68. The fourth-order valence-electron chi connectivity index (χ4n) is 3.32. The molecule has 2 atom stereocenters. The van der Waals surface area contributed by atoms with E-state index in [1.807, 2.05) is 0 Å². The fourth-order valence-corrected chi connectivity index (χ4v) is 3.32. The highest BCUT2D eigenvalue weighted by Gasteiger charge is 2.30. The van der Waals surface area contributed by atoms with Crippen LogP contribution in [0.3, 0.4) is 0 Å². The Morgan fingerprint density at radius 1 is 1.07 bits per heavy atom. The zero-order chi connectivity index (χ0) is 10.4. The Balaban J connectivity index is 2.09. The highest BCUT2D eigenvalue weighted by molar-refractivity contribution is 5.66. The molecular formula is C13H18N2. The maximum atomic E-state index is 5.89. The van der Waals surface area contributed by atoms with E-state index in [2.05, 4.69) is 12.1 Å². The number of nitrogen functional groups attached to an aromatic ring is 2. The van der Waals surface area contributed by atoms with Crippen molar-refractivity contribution in [1.82, 2.24) is 0 Å². The van der Waals surface area contributed by atoms with E-state index in [9.17, 15) is 0 Å². The standard InChI is InChI=1S/C13H18N2/c14-12-6-10-5-8-2-1-3-9(4-8)11(10)7-13(12)15/h6-9H,1-5,14-15H2.